The third kappa shape index (κ3) is 4.01. The third-order valence-corrected chi connectivity index (χ3v) is 15.3. The molecule has 0 spiro atoms. The van der Waals surface area contributed by atoms with Crippen molar-refractivity contribution in [2.75, 3.05) is 0 Å². The van der Waals surface area contributed by atoms with Crippen molar-refractivity contribution < 1.29 is 0 Å². The molecule has 10 aromatic carbocycles. The normalized spacial score (nSPS) is 13.5. The fourth-order valence-electron chi connectivity index (χ4n) is 9.40. The first-order valence-electron chi connectivity index (χ1n) is 18.0. The average Bonchev–Trinajstić information content (AvgIpc) is 3.41. The molecule has 0 aliphatic carbocycles. The quantitative estimate of drug-likeness (QED) is 0.100. The van der Waals surface area contributed by atoms with Crippen molar-refractivity contribution in [2.24, 2.45) is 0 Å². The molecule has 0 N–H and O–H groups in total. The van der Waals surface area contributed by atoms with Crippen molar-refractivity contribution in [1.29, 1.82) is 0 Å². The van der Waals surface area contributed by atoms with Crippen LogP contribution in [-0.4, -0.2) is 8.07 Å². The summed E-state index contributed by atoms with van der Waals surface area (Å²) in [4.78, 5) is 0. The summed E-state index contributed by atoms with van der Waals surface area (Å²) in [6, 6.07) is 64.0. The molecule has 51 heavy (non-hydrogen) atoms. The molecule has 0 fully saturated rings. The van der Waals surface area contributed by atoms with Gasteiger partial charge in [-0.15, -0.1) is 0 Å². The zero-order chi connectivity index (χ0) is 33.8. The highest BCUT2D eigenvalue weighted by Gasteiger charge is 2.38. The topological polar surface area (TPSA) is 0 Å². The second-order valence-corrected chi connectivity index (χ2v) is 19.1. The monoisotopic (exact) mass is 662 g/mol. The highest BCUT2D eigenvalue weighted by molar-refractivity contribution is 7.04. The standard InChI is InChI=1S/C50H34Si/c1-51(2)45-29-35(37-25-21-34-20-19-32-13-10-14-33-22-28-44(37)50(34)47(32)33)23-26-38(45)39-27-24-36(30-46(39)51)49-42-17-8-6-15-40(42)48(31-11-4-3-5-12-31)41-16-7-9-18-43(41)49/h3-30H,1-2H3. The second-order valence-electron chi connectivity index (χ2n) is 14.8. The van der Waals surface area contributed by atoms with Crippen LogP contribution >= 0.6 is 0 Å². The van der Waals surface area contributed by atoms with E-state index in [9.17, 15) is 0 Å². The van der Waals surface area contributed by atoms with Gasteiger partial charge in [-0.3, -0.25) is 0 Å². The summed E-state index contributed by atoms with van der Waals surface area (Å²) in [6.07, 6.45) is 0. The van der Waals surface area contributed by atoms with Gasteiger partial charge < -0.3 is 0 Å². The van der Waals surface area contributed by atoms with E-state index in [2.05, 4.69) is 183 Å². The fraction of sp³-hybridized carbons (Fsp3) is 0.0400. The Hall–Kier alpha value is -6.02. The lowest BCUT2D eigenvalue weighted by molar-refractivity contribution is 1.65. The van der Waals surface area contributed by atoms with E-state index in [0.29, 0.717) is 0 Å². The van der Waals surface area contributed by atoms with Gasteiger partial charge in [0.1, 0.15) is 8.07 Å². The summed E-state index contributed by atoms with van der Waals surface area (Å²) >= 11 is 0. The fourth-order valence-corrected chi connectivity index (χ4v) is 12.5. The van der Waals surface area contributed by atoms with Crippen LogP contribution in [0.25, 0.3) is 98.4 Å². The average molecular weight is 663 g/mol. The van der Waals surface area contributed by atoms with Gasteiger partial charge in [-0.05, 0) is 109 Å². The van der Waals surface area contributed by atoms with Crippen LogP contribution in [0.2, 0.25) is 13.1 Å². The maximum Gasteiger partial charge on any atom is 0.113 e. The van der Waals surface area contributed by atoms with Gasteiger partial charge in [-0.25, -0.2) is 0 Å². The Balaban J connectivity index is 1.09. The van der Waals surface area contributed by atoms with E-state index in [-0.39, 0.29) is 0 Å². The summed E-state index contributed by atoms with van der Waals surface area (Å²) in [5, 5.41) is 16.3. The third-order valence-electron chi connectivity index (χ3n) is 11.8. The lowest BCUT2D eigenvalue weighted by atomic mass is 9.85. The maximum atomic E-state index is 2.55. The van der Waals surface area contributed by atoms with Crippen LogP contribution in [0.3, 0.4) is 0 Å². The van der Waals surface area contributed by atoms with Crippen molar-refractivity contribution in [2.45, 2.75) is 13.1 Å². The zero-order valence-electron chi connectivity index (χ0n) is 28.7. The smallest absolute Gasteiger partial charge is 0.0622 e. The van der Waals surface area contributed by atoms with Crippen molar-refractivity contribution in [3.63, 3.8) is 0 Å². The van der Waals surface area contributed by atoms with Gasteiger partial charge in [0.2, 0.25) is 0 Å². The molecule has 1 aliphatic rings. The number of benzene rings is 10. The Kier molecular flexibility index (Phi) is 5.92. The number of rotatable bonds is 3. The van der Waals surface area contributed by atoms with Gasteiger partial charge in [0, 0.05) is 0 Å². The molecule has 0 aromatic heterocycles. The second kappa shape index (κ2) is 10.5. The Morgan fingerprint density at radius 2 is 0.784 bits per heavy atom. The molecule has 0 unspecified atom stereocenters. The SMILES string of the molecule is C[Si]1(C)c2cc(-c3c4ccccc4c(-c4ccccc4)c4ccccc34)ccc2-c2ccc(-c3ccc4ccc5cccc6ccc3c4c56)cc21. The van der Waals surface area contributed by atoms with Crippen LogP contribution in [0.4, 0.5) is 0 Å². The minimum absolute atomic E-state index is 1.26. The molecule has 0 bridgehead atoms. The maximum absolute atomic E-state index is 2.55. The minimum atomic E-state index is -2.04. The highest BCUT2D eigenvalue weighted by atomic mass is 28.3. The Bertz CT molecular complexity index is 2970. The van der Waals surface area contributed by atoms with Crippen molar-refractivity contribution in [3.8, 4) is 44.5 Å². The van der Waals surface area contributed by atoms with E-state index in [1.54, 1.807) is 0 Å². The van der Waals surface area contributed by atoms with E-state index < -0.39 is 8.07 Å². The Labute approximate surface area is 298 Å². The lowest BCUT2D eigenvalue weighted by Gasteiger charge is -2.22. The molecule has 0 nitrogen and oxygen atoms in total. The van der Waals surface area contributed by atoms with Crippen molar-refractivity contribution in [1.82, 2.24) is 0 Å². The first kappa shape index (κ1) is 28.8. The van der Waals surface area contributed by atoms with Crippen LogP contribution in [0.15, 0.2) is 170 Å². The number of hydrogen-bond donors (Lipinski definition) is 0. The molecule has 1 heterocycles. The minimum Gasteiger partial charge on any atom is -0.0622 e. The Morgan fingerprint density at radius 3 is 1.41 bits per heavy atom. The molecule has 0 radical (unpaired) electrons. The molecule has 10 aromatic rings. The van der Waals surface area contributed by atoms with Crippen LogP contribution in [0.5, 0.6) is 0 Å². The molecule has 1 aliphatic heterocycles. The summed E-state index contributed by atoms with van der Waals surface area (Å²) in [7, 11) is -2.04. The molecule has 11 rings (SSSR count). The summed E-state index contributed by atoms with van der Waals surface area (Å²) in [5.74, 6) is 0. The van der Waals surface area contributed by atoms with Gasteiger partial charge in [0.25, 0.3) is 0 Å². The Morgan fingerprint density at radius 1 is 0.314 bits per heavy atom. The van der Waals surface area contributed by atoms with E-state index in [4.69, 9.17) is 0 Å². The first-order chi connectivity index (χ1) is 25.1. The lowest BCUT2D eigenvalue weighted by Crippen LogP contribution is -2.49. The predicted octanol–water partition coefficient (Wildman–Crippen LogP) is 12.7. The van der Waals surface area contributed by atoms with Crippen LogP contribution < -0.4 is 10.4 Å². The van der Waals surface area contributed by atoms with Crippen LogP contribution in [0.1, 0.15) is 0 Å². The van der Waals surface area contributed by atoms with Crippen LogP contribution in [0, 0.1) is 0 Å². The molecule has 238 valence electrons. The summed E-state index contributed by atoms with van der Waals surface area (Å²) in [6.45, 7) is 5.09. The van der Waals surface area contributed by atoms with E-state index >= 15 is 0 Å². The van der Waals surface area contributed by atoms with E-state index in [0.717, 1.165) is 0 Å². The van der Waals surface area contributed by atoms with Gasteiger partial charge in [-0.1, -0.05) is 183 Å². The largest absolute Gasteiger partial charge is 0.113 e. The van der Waals surface area contributed by atoms with Crippen molar-refractivity contribution in [3.05, 3.63) is 170 Å². The molecule has 0 atom stereocenters. The van der Waals surface area contributed by atoms with Crippen molar-refractivity contribution >= 4 is 72.3 Å². The molecule has 0 saturated carbocycles. The highest BCUT2D eigenvalue weighted by Crippen LogP contribution is 2.45. The number of hydrogen-bond acceptors (Lipinski definition) is 0. The molecular formula is C50H34Si. The molecule has 0 amide bonds. The molecule has 1 heteroatoms. The predicted molar refractivity (Wildman–Crippen MR) is 224 cm³/mol. The molecular weight excluding hydrogens is 629 g/mol. The van der Waals surface area contributed by atoms with E-state index in [1.807, 2.05) is 0 Å². The van der Waals surface area contributed by atoms with E-state index in [1.165, 1.54) is 109 Å². The van der Waals surface area contributed by atoms with Gasteiger partial charge in [0.05, 0.1) is 0 Å². The van der Waals surface area contributed by atoms with Gasteiger partial charge >= 0.3 is 0 Å². The van der Waals surface area contributed by atoms with Gasteiger partial charge in [-0.2, -0.15) is 0 Å². The molecule has 0 saturated heterocycles. The number of fused-ring (bicyclic) bond motifs is 5. The van der Waals surface area contributed by atoms with Gasteiger partial charge in [0.15, 0.2) is 0 Å². The first-order valence-corrected chi connectivity index (χ1v) is 21.0. The zero-order valence-corrected chi connectivity index (χ0v) is 29.7. The van der Waals surface area contributed by atoms with Crippen LogP contribution in [-0.2, 0) is 0 Å². The summed E-state index contributed by atoms with van der Waals surface area (Å²) < 4.78 is 0. The summed E-state index contributed by atoms with van der Waals surface area (Å²) in [5.41, 5.74) is 10.7.